The zero-order valence-electron chi connectivity index (χ0n) is 12.5. The third kappa shape index (κ3) is 5.57. The van der Waals surface area contributed by atoms with Crippen LogP contribution in [0.2, 0.25) is 5.02 Å². The van der Waals surface area contributed by atoms with E-state index in [-0.39, 0.29) is 17.2 Å². The number of amides is 1. The highest BCUT2D eigenvalue weighted by Crippen LogP contribution is 2.23. The Morgan fingerprint density at radius 3 is 2.43 bits per heavy atom. The molecule has 0 atom stereocenters. The van der Waals surface area contributed by atoms with Crippen LogP contribution in [0.3, 0.4) is 0 Å². The number of hydrogen-bond donors (Lipinski definition) is 1. The summed E-state index contributed by atoms with van der Waals surface area (Å²) in [6.07, 6.45) is 1.40. The van der Waals surface area contributed by atoms with Crippen LogP contribution in [0.4, 0.5) is 5.69 Å². The highest BCUT2D eigenvalue weighted by atomic mass is 35.5. The molecular weight excluding hydrogens is 354 g/mol. The minimum Gasteiger partial charge on any atom is -0.325 e. The number of para-hydroxylation sites is 1. The largest absolute Gasteiger partial charge is 0.325 e. The second-order valence-corrected chi connectivity index (χ2v) is 8.46. The highest BCUT2D eigenvalue weighted by Gasteiger charge is 2.14. The minimum absolute atomic E-state index is 0.124. The van der Waals surface area contributed by atoms with Gasteiger partial charge < -0.3 is 5.32 Å². The summed E-state index contributed by atoms with van der Waals surface area (Å²) in [4.78, 5) is 13.1. The molecule has 0 aliphatic rings. The predicted molar refractivity (Wildman–Crippen MR) is 95.0 cm³/mol. The molecule has 1 N–H and O–H groups in total. The molecule has 23 heavy (non-hydrogen) atoms. The van der Waals surface area contributed by atoms with E-state index in [1.54, 1.807) is 42.1 Å². The minimum atomic E-state index is -3.38. The molecule has 0 fully saturated rings. The Bertz CT molecular complexity index is 789. The first kappa shape index (κ1) is 17.8. The molecule has 0 spiro atoms. The topological polar surface area (TPSA) is 63.2 Å². The maximum atomic E-state index is 12.0. The van der Waals surface area contributed by atoms with Crippen molar-refractivity contribution >= 4 is 44.8 Å². The van der Waals surface area contributed by atoms with Crippen LogP contribution in [0.1, 0.15) is 6.42 Å². The Morgan fingerprint density at radius 1 is 1.13 bits per heavy atom. The van der Waals surface area contributed by atoms with Gasteiger partial charge in [0.25, 0.3) is 0 Å². The summed E-state index contributed by atoms with van der Waals surface area (Å²) >= 11 is 7.36. The highest BCUT2D eigenvalue weighted by molar-refractivity contribution is 7.99. The average Bonchev–Trinajstić information content (AvgIpc) is 2.49. The van der Waals surface area contributed by atoms with Gasteiger partial charge in [-0.2, -0.15) is 0 Å². The molecule has 2 rings (SSSR count). The molecule has 0 bridgehead atoms. The number of anilines is 1. The van der Waals surface area contributed by atoms with Gasteiger partial charge in [-0.3, -0.25) is 4.79 Å². The van der Waals surface area contributed by atoms with E-state index in [4.69, 9.17) is 11.6 Å². The molecule has 0 saturated heterocycles. The van der Waals surface area contributed by atoms with Crippen molar-refractivity contribution in [1.82, 2.24) is 0 Å². The summed E-state index contributed by atoms with van der Waals surface area (Å²) in [5.74, 6) is 0.372. The number of thioether (sulfide) groups is 1. The number of hydrogen-bond acceptors (Lipinski definition) is 4. The first-order chi connectivity index (χ1) is 10.9. The van der Waals surface area contributed by atoms with Gasteiger partial charge in [0.15, 0.2) is 9.84 Å². The molecule has 0 aliphatic carbocycles. The fourth-order valence-electron chi connectivity index (χ4n) is 1.90. The van der Waals surface area contributed by atoms with Crippen molar-refractivity contribution in [3.63, 3.8) is 0 Å². The van der Waals surface area contributed by atoms with E-state index in [1.165, 1.54) is 6.07 Å². The zero-order valence-corrected chi connectivity index (χ0v) is 14.8. The lowest BCUT2D eigenvalue weighted by Crippen LogP contribution is -2.14. The molecule has 0 heterocycles. The standard InChI is InChI=1S/C16H16ClNO3S2/c1-23(20,21)15-5-3-2-4-14(15)18-16(19)10-11-22-13-8-6-12(17)7-9-13/h2-9H,10-11H2,1H3,(H,18,19). The van der Waals surface area contributed by atoms with Gasteiger partial charge in [-0.25, -0.2) is 8.42 Å². The van der Waals surface area contributed by atoms with Gasteiger partial charge in [0.2, 0.25) is 5.91 Å². The van der Waals surface area contributed by atoms with E-state index in [2.05, 4.69) is 5.32 Å². The first-order valence-corrected chi connectivity index (χ1v) is 10.1. The molecule has 0 aromatic heterocycles. The SMILES string of the molecule is CS(=O)(=O)c1ccccc1NC(=O)CCSc1ccc(Cl)cc1. The Labute approximate surface area is 145 Å². The molecular formula is C16H16ClNO3S2. The van der Waals surface area contributed by atoms with Crippen LogP contribution in [0.25, 0.3) is 0 Å². The van der Waals surface area contributed by atoms with Crippen molar-refractivity contribution in [3.05, 3.63) is 53.6 Å². The molecule has 1 amide bonds. The molecule has 0 saturated carbocycles. The van der Waals surface area contributed by atoms with Crippen molar-refractivity contribution in [2.75, 3.05) is 17.3 Å². The van der Waals surface area contributed by atoms with Crippen LogP contribution >= 0.6 is 23.4 Å². The molecule has 0 unspecified atom stereocenters. The molecule has 4 nitrogen and oxygen atoms in total. The lowest BCUT2D eigenvalue weighted by atomic mass is 10.3. The third-order valence-electron chi connectivity index (χ3n) is 2.97. The summed E-state index contributed by atoms with van der Waals surface area (Å²) in [5, 5.41) is 3.33. The summed E-state index contributed by atoms with van der Waals surface area (Å²) in [6, 6.07) is 13.8. The fraction of sp³-hybridized carbons (Fsp3) is 0.188. The number of benzene rings is 2. The molecule has 0 radical (unpaired) electrons. The summed E-state index contributed by atoms with van der Waals surface area (Å²) < 4.78 is 23.4. The number of rotatable bonds is 6. The smallest absolute Gasteiger partial charge is 0.225 e. The normalized spacial score (nSPS) is 11.2. The third-order valence-corrected chi connectivity index (χ3v) is 5.39. The Morgan fingerprint density at radius 2 is 1.78 bits per heavy atom. The lowest BCUT2D eigenvalue weighted by molar-refractivity contribution is -0.115. The molecule has 2 aromatic carbocycles. The van der Waals surface area contributed by atoms with Crippen LogP contribution in [-0.2, 0) is 14.6 Å². The van der Waals surface area contributed by atoms with E-state index in [0.717, 1.165) is 11.2 Å². The Balaban J connectivity index is 1.92. The van der Waals surface area contributed by atoms with Crippen LogP contribution in [0.15, 0.2) is 58.3 Å². The molecule has 2 aromatic rings. The zero-order chi connectivity index (χ0) is 16.9. The number of nitrogens with one attached hydrogen (secondary N) is 1. The van der Waals surface area contributed by atoms with Crippen molar-refractivity contribution in [1.29, 1.82) is 0 Å². The van der Waals surface area contributed by atoms with Crippen molar-refractivity contribution < 1.29 is 13.2 Å². The quantitative estimate of drug-likeness (QED) is 0.785. The number of carbonyl (C=O) groups is 1. The Kier molecular flexibility index (Phi) is 6.10. The van der Waals surface area contributed by atoms with E-state index in [0.29, 0.717) is 16.5 Å². The maximum Gasteiger partial charge on any atom is 0.225 e. The first-order valence-electron chi connectivity index (χ1n) is 6.83. The number of carbonyl (C=O) groups excluding carboxylic acids is 1. The van der Waals surface area contributed by atoms with E-state index < -0.39 is 9.84 Å². The van der Waals surface area contributed by atoms with Crippen LogP contribution < -0.4 is 5.32 Å². The van der Waals surface area contributed by atoms with Gasteiger partial charge in [-0.15, -0.1) is 11.8 Å². The van der Waals surface area contributed by atoms with E-state index in [9.17, 15) is 13.2 Å². The molecule has 7 heteroatoms. The predicted octanol–water partition coefficient (Wildman–Crippen LogP) is 3.86. The van der Waals surface area contributed by atoms with Gasteiger partial charge >= 0.3 is 0 Å². The maximum absolute atomic E-state index is 12.0. The van der Waals surface area contributed by atoms with Crippen molar-refractivity contribution in [2.24, 2.45) is 0 Å². The Hall–Kier alpha value is -1.50. The fourth-order valence-corrected chi connectivity index (χ4v) is 3.72. The number of halogens is 1. The summed E-state index contributed by atoms with van der Waals surface area (Å²) in [6.45, 7) is 0. The second kappa shape index (κ2) is 7.86. The van der Waals surface area contributed by atoms with Gasteiger partial charge in [-0.05, 0) is 36.4 Å². The van der Waals surface area contributed by atoms with Crippen molar-refractivity contribution in [2.45, 2.75) is 16.2 Å². The van der Waals surface area contributed by atoms with Crippen LogP contribution in [0.5, 0.6) is 0 Å². The second-order valence-electron chi connectivity index (χ2n) is 4.87. The average molecular weight is 370 g/mol. The van der Waals surface area contributed by atoms with Crippen molar-refractivity contribution in [3.8, 4) is 0 Å². The van der Waals surface area contributed by atoms with E-state index in [1.807, 2.05) is 12.1 Å². The van der Waals surface area contributed by atoms with Crippen LogP contribution in [0, 0.1) is 0 Å². The van der Waals surface area contributed by atoms with Gasteiger partial charge in [0.1, 0.15) is 0 Å². The van der Waals surface area contributed by atoms with Gasteiger partial charge in [0.05, 0.1) is 10.6 Å². The monoisotopic (exact) mass is 369 g/mol. The van der Waals surface area contributed by atoms with Gasteiger partial charge in [-0.1, -0.05) is 23.7 Å². The molecule has 0 aliphatic heterocycles. The summed E-state index contributed by atoms with van der Waals surface area (Å²) in [5.41, 5.74) is 0.316. The lowest BCUT2D eigenvalue weighted by Gasteiger charge is -2.09. The van der Waals surface area contributed by atoms with E-state index >= 15 is 0 Å². The van der Waals surface area contributed by atoms with Gasteiger partial charge in [0, 0.05) is 28.3 Å². The van der Waals surface area contributed by atoms with Crippen LogP contribution in [-0.4, -0.2) is 26.3 Å². The number of sulfone groups is 1. The molecule has 122 valence electrons. The summed E-state index contributed by atoms with van der Waals surface area (Å²) in [7, 11) is -3.38.